The maximum atomic E-state index is 13.4. The number of nitrogens with zero attached hydrogens (tertiary/aromatic N) is 5. The van der Waals surface area contributed by atoms with Gasteiger partial charge in [0.15, 0.2) is 0 Å². The Balaban J connectivity index is 1.63. The average molecular weight is 455 g/mol. The second-order valence-corrected chi connectivity index (χ2v) is 7.18. The zero-order valence-electron chi connectivity index (χ0n) is 16.2. The number of hydrogen-bond donors (Lipinski definition) is 0. The van der Waals surface area contributed by atoms with Gasteiger partial charge in [0.05, 0.1) is 11.4 Å². The molecule has 164 valence electrons. The lowest BCUT2D eigenvalue weighted by Gasteiger charge is -2.20. The Morgan fingerprint density at radius 3 is 2.58 bits per heavy atom. The maximum Gasteiger partial charge on any atom is 0.573 e. The highest BCUT2D eigenvalue weighted by Gasteiger charge is 2.31. The zero-order valence-corrected chi connectivity index (χ0v) is 17.0. The molecule has 0 bridgehead atoms. The standard InChI is InChI=1S/C19H17F4N5O2S/c1-2-27(11-13-4-3-5-14(20)10-13)17(29)12-31-18-24-25-26-28(18)15-6-8-16(9-7-15)30-19(21,22)23/h3-10H,2,11-12H2,1H3. The van der Waals surface area contributed by atoms with Crippen molar-refractivity contribution in [3.63, 3.8) is 0 Å². The molecule has 0 aliphatic heterocycles. The maximum absolute atomic E-state index is 13.4. The van der Waals surface area contributed by atoms with Gasteiger partial charge < -0.3 is 9.64 Å². The molecule has 0 atom stereocenters. The van der Waals surface area contributed by atoms with Crippen LogP contribution in [0.3, 0.4) is 0 Å². The Kier molecular flexibility index (Phi) is 7.10. The van der Waals surface area contributed by atoms with E-state index in [4.69, 9.17) is 0 Å². The number of hydrogen-bond acceptors (Lipinski definition) is 6. The van der Waals surface area contributed by atoms with Crippen molar-refractivity contribution in [1.82, 2.24) is 25.1 Å². The first-order valence-corrected chi connectivity index (χ1v) is 10.0. The van der Waals surface area contributed by atoms with Crippen LogP contribution in [-0.4, -0.2) is 49.7 Å². The molecule has 0 N–H and O–H groups in total. The van der Waals surface area contributed by atoms with Crippen molar-refractivity contribution < 1.29 is 27.1 Å². The molecule has 3 rings (SSSR count). The molecule has 0 radical (unpaired) electrons. The molecule has 0 spiro atoms. The number of thioether (sulfide) groups is 1. The van der Waals surface area contributed by atoms with Gasteiger partial charge in [0.2, 0.25) is 11.1 Å². The van der Waals surface area contributed by atoms with E-state index in [9.17, 15) is 22.4 Å². The van der Waals surface area contributed by atoms with Crippen LogP contribution in [0, 0.1) is 5.82 Å². The summed E-state index contributed by atoms with van der Waals surface area (Å²) in [5, 5.41) is 11.5. The van der Waals surface area contributed by atoms with Gasteiger partial charge in [-0.15, -0.1) is 18.3 Å². The number of carbonyl (C=O) groups excluding carboxylic acids is 1. The third-order valence-electron chi connectivity index (χ3n) is 4.08. The molecule has 2 aromatic carbocycles. The third-order valence-corrected chi connectivity index (χ3v) is 4.98. The van der Waals surface area contributed by atoms with Gasteiger partial charge in [-0.2, -0.15) is 4.68 Å². The molecule has 0 saturated carbocycles. The lowest BCUT2D eigenvalue weighted by molar-refractivity contribution is -0.274. The van der Waals surface area contributed by atoms with E-state index in [-0.39, 0.29) is 29.8 Å². The number of carbonyl (C=O) groups is 1. The summed E-state index contributed by atoms with van der Waals surface area (Å²) in [5.74, 6) is -0.912. The smallest absolute Gasteiger partial charge is 0.406 e. The Labute approximate surface area is 179 Å². The van der Waals surface area contributed by atoms with Crippen LogP contribution in [0.25, 0.3) is 5.69 Å². The molecule has 1 aromatic heterocycles. The summed E-state index contributed by atoms with van der Waals surface area (Å²) in [6.07, 6.45) is -4.78. The Morgan fingerprint density at radius 1 is 1.19 bits per heavy atom. The number of benzene rings is 2. The van der Waals surface area contributed by atoms with E-state index in [1.807, 2.05) is 6.92 Å². The molecule has 0 unspecified atom stereocenters. The molecule has 0 saturated heterocycles. The normalized spacial score (nSPS) is 11.4. The molecule has 0 aliphatic carbocycles. The largest absolute Gasteiger partial charge is 0.573 e. The molecule has 0 aliphatic rings. The van der Waals surface area contributed by atoms with E-state index in [1.54, 1.807) is 17.0 Å². The molecule has 7 nitrogen and oxygen atoms in total. The van der Waals surface area contributed by atoms with Gasteiger partial charge >= 0.3 is 6.36 Å². The van der Waals surface area contributed by atoms with Gasteiger partial charge in [0, 0.05) is 13.1 Å². The van der Waals surface area contributed by atoms with E-state index in [0.717, 1.165) is 23.9 Å². The van der Waals surface area contributed by atoms with Crippen LogP contribution in [-0.2, 0) is 11.3 Å². The Hall–Kier alpha value is -3.15. The average Bonchev–Trinajstić information content (AvgIpc) is 3.18. The van der Waals surface area contributed by atoms with Crippen LogP contribution in [0.1, 0.15) is 12.5 Å². The van der Waals surface area contributed by atoms with Crippen LogP contribution in [0.15, 0.2) is 53.7 Å². The number of aromatic nitrogens is 4. The van der Waals surface area contributed by atoms with Gasteiger partial charge in [-0.05, 0) is 59.3 Å². The molecule has 3 aromatic rings. The number of tetrazole rings is 1. The monoisotopic (exact) mass is 455 g/mol. The van der Waals surface area contributed by atoms with Gasteiger partial charge in [-0.25, -0.2) is 4.39 Å². The molecule has 1 amide bonds. The van der Waals surface area contributed by atoms with Gasteiger partial charge in [0.25, 0.3) is 0 Å². The van der Waals surface area contributed by atoms with Crippen LogP contribution in [0.5, 0.6) is 5.75 Å². The highest BCUT2D eigenvalue weighted by molar-refractivity contribution is 7.99. The fourth-order valence-corrected chi connectivity index (χ4v) is 3.46. The van der Waals surface area contributed by atoms with Gasteiger partial charge in [0.1, 0.15) is 11.6 Å². The van der Waals surface area contributed by atoms with Gasteiger partial charge in [-0.1, -0.05) is 23.9 Å². The van der Waals surface area contributed by atoms with Crippen LogP contribution in [0.2, 0.25) is 0 Å². The topological polar surface area (TPSA) is 73.1 Å². The number of rotatable bonds is 8. The van der Waals surface area contributed by atoms with Crippen molar-refractivity contribution in [3.05, 3.63) is 59.9 Å². The summed E-state index contributed by atoms with van der Waals surface area (Å²) >= 11 is 1.08. The number of ether oxygens (including phenoxy) is 1. The van der Waals surface area contributed by atoms with Crippen molar-refractivity contribution in [2.45, 2.75) is 25.0 Å². The van der Waals surface area contributed by atoms with E-state index in [2.05, 4.69) is 20.3 Å². The third kappa shape index (κ3) is 6.41. The summed E-state index contributed by atoms with van der Waals surface area (Å²) < 4.78 is 55.4. The van der Waals surface area contributed by atoms with Crippen molar-refractivity contribution in [2.24, 2.45) is 0 Å². The first-order valence-electron chi connectivity index (χ1n) is 9.04. The Morgan fingerprint density at radius 2 is 1.94 bits per heavy atom. The summed E-state index contributed by atoms with van der Waals surface area (Å²) in [4.78, 5) is 14.2. The SMILES string of the molecule is CCN(Cc1cccc(F)c1)C(=O)CSc1nnnn1-c1ccc(OC(F)(F)F)cc1. The lowest BCUT2D eigenvalue weighted by Crippen LogP contribution is -2.31. The van der Waals surface area contributed by atoms with E-state index < -0.39 is 6.36 Å². The second kappa shape index (κ2) is 9.77. The fourth-order valence-electron chi connectivity index (χ4n) is 2.67. The summed E-state index contributed by atoms with van der Waals surface area (Å²) in [6, 6.07) is 11.0. The Bertz CT molecular complexity index is 1030. The minimum absolute atomic E-state index is 0.0266. The van der Waals surface area contributed by atoms with Crippen LogP contribution in [0.4, 0.5) is 17.6 Å². The van der Waals surface area contributed by atoms with Gasteiger partial charge in [-0.3, -0.25) is 4.79 Å². The zero-order chi connectivity index (χ0) is 22.4. The van der Waals surface area contributed by atoms with Crippen molar-refractivity contribution in [1.29, 1.82) is 0 Å². The van der Waals surface area contributed by atoms with Crippen molar-refractivity contribution >= 4 is 17.7 Å². The van der Waals surface area contributed by atoms with Crippen LogP contribution < -0.4 is 4.74 Å². The van der Waals surface area contributed by atoms with E-state index in [1.165, 1.54) is 28.9 Å². The van der Waals surface area contributed by atoms with Crippen LogP contribution >= 0.6 is 11.8 Å². The van der Waals surface area contributed by atoms with E-state index in [0.29, 0.717) is 23.0 Å². The number of amides is 1. The minimum atomic E-state index is -4.78. The fraction of sp³-hybridized carbons (Fsp3) is 0.263. The van der Waals surface area contributed by atoms with Crippen molar-refractivity contribution in [3.8, 4) is 11.4 Å². The molecular formula is C19H17F4N5O2S. The lowest BCUT2D eigenvalue weighted by atomic mass is 10.2. The highest BCUT2D eigenvalue weighted by atomic mass is 32.2. The minimum Gasteiger partial charge on any atom is -0.406 e. The predicted molar refractivity (Wildman–Crippen MR) is 104 cm³/mol. The highest BCUT2D eigenvalue weighted by Crippen LogP contribution is 2.25. The van der Waals surface area contributed by atoms with Crippen molar-refractivity contribution in [2.75, 3.05) is 12.3 Å². The molecule has 0 fully saturated rings. The molecular weight excluding hydrogens is 438 g/mol. The quantitative estimate of drug-likeness (QED) is 0.380. The second-order valence-electron chi connectivity index (χ2n) is 6.24. The molecule has 1 heterocycles. The molecule has 12 heteroatoms. The summed E-state index contributed by atoms with van der Waals surface area (Å²) in [5.41, 5.74) is 1.08. The molecule has 31 heavy (non-hydrogen) atoms. The van der Waals surface area contributed by atoms with E-state index >= 15 is 0 Å². The summed E-state index contributed by atoms with van der Waals surface area (Å²) in [6.45, 7) is 2.51. The first kappa shape index (κ1) is 22.5. The summed E-state index contributed by atoms with van der Waals surface area (Å²) in [7, 11) is 0. The first-order chi connectivity index (χ1) is 14.7. The predicted octanol–water partition coefficient (Wildman–Crippen LogP) is 3.84. The number of halogens is 4. The number of alkyl halides is 3.